The van der Waals surface area contributed by atoms with Gasteiger partial charge in [-0.15, -0.1) is 0 Å². The smallest absolute Gasteiger partial charge is 0.324 e. The van der Waals surface area contributed by atoms with Crippen LogP contribution in [0.4, 0.5) is 28.0 Å². The van der Waals surface area contributed by atoms with Crippen LogP contribution in [-0.4, -0.2) is 82.1 Å². The van der Waals surface area contributed by atoms with Crippen LogP contribution in [0.25, 0.3) is 0 Å². The minimum absolute atomic E-state index is 0.00689. The lowest BCUT2D eigenvalue weighted by molar-refractivity contribution is -0.130. The molecule has 0 spiro atoms. The number of amidine groups is 1. The van der Waals surface area contributed by atoms with Crippen LogP contribution < -0.4 is 24.4 Å². The number of likely N-dealkylation sites (N-methyl/N-ethyl adjacent to an activating group) is 1. The van der Waals surface area contributed by atoms with Crippen LogP contribution in [0, 0.1) is 11.6 Å². The molecule has 41 heavy (non-hydrogen) atoms. The second kappa shape index (κ2) is 12.1. The lowest BCUT2D eigenvalue weighted by Gasteiger charge is -2.27. The molecule has 2 heterocycles. The number of nitrogens with one attached hydrogen (secondary N) is 1. The maximum Gasteiger partial charge on any atom is 0.324 e. The van der Waals surface area contributed by atoms with Crippen molar-refractivity contribution in [1.82, 2.24) is 10.2 Å². The number of carbonyl (C=O) groups excluding carboxylic acids is 2. The molecule has 1 N–H and O–H groups in total. The number of anilines is 1. The molecule has 220 valence electrons. The van der Waals surface area contributed by atoms with E-state index in [-0.39, 0.29) is 39.4 Å². The van der Waals surface area contributed by atoms with Crippen molar-refractivity contribution in [2.75, 3.05) is 39.8 Å². The zero-order valence-electron chi connectivity index (χ0n) is 22.1. The fourth-order valence-corrected chi connectivity index (χ4v) is 4.24. The second-order valence-corrected chi connectivity index (χ2v) is 9.22. The van der Waals surface area contributed by atoms with Crippen LogP contribution in [-0.2, 0) is 16.1 Å². The summed E-state index contributed by atoms with van der Waals surface area (Å²) in [6.07, 6.45) is -4.33. The van der Waals surface area contributed by atoms with Crippen LogP contribution >= 0.6 is 11.6 Å². The fourth-order valence-electron chi connectivity index (χ4n) is 4.00. The Labute approximate surface area is 236 Å². The van der Waals surface area contributed by atoms with Crippen molar-refractivity contribution in [3.05, 3.63) is 46.5 Å². The van der Waals surface area contributed by atoms with Crippen LogP contribution in [0.5, 0.6) is 17.2 Å². The Bertz CT molecular complexity index is 1420. The molecule has 1 fully saturated rings. The van der Waals surface area contributed by atoms with Crippen molar-refractivity contribution in [1.29, 1.82) is 0 Å². The number of alkyl halides is 2. The number of carbonyl (C=O) groups is 2. The van der Waals surface area contributed by atoms with E-state index in [9.17, 15) is 27.2 Å². The molecule has 0 saturated carbocycles. The number of hydrogen-bond acceptors (Lipinski definition) is 8. The van der Waals surface area contributed by atoms with Gasteiger partial charge in [-0.1, -0.05) is 11.6 Å². The lowest BCUT2D eigenvalue weighted by atomic mass is 10.1. The van der Waals surface area contributed by atoms with Crippen molar-refractivity contribution >= 4 is 41.0 Å². The minimum atomic E-state index is -3.06. The maximum absolute atomic E-state index is 14.6. The number of aliphatic imine (C=N–C) groups is 2. The Hall–Kier alpha value is -4.27. The van der Waals surface area contributed by atoms with Crippen LogP contribution in [0.3, 0.4) is 0 Å². The molecule has 0 aromatic heterocycles. The third kappa shape index (κ3) is 5.94. The number of fused-ring (bicyclic) bond motifs is 1. The van der Waals surface area contributed by atoms with Gasteiger partial charge in [0.2, 0.25) is 5.90 Å². The molecule has 0 bridgehead atoms. The Morgan fingerprint density at radius 3 is 2.46 bits per heavy atom. The third-order valence-electron chi connectivity index (χ3n) is 6.09. The molecule has 1 saturated heterocycles. The number of rotatable bonds is 9. The fraction of sp³-hybridized carbons (Fsp3) is 0.360. The van der Waals surface area contributed by atoms with Gasteiger partial charge in [-0.3, -0.25) is 9.69 Å². The SMILES string of the molecule is COC1=NC(C(F)F)=NC2C1NC(=O)N2c1cc(OCc2c(OC)ccc(F)c2F)c(OCC(=O)N(C)C)cc1Cl. The molecule has 0 aliphatic carbocycles. The van der Waals surface area contributed by atoms with E-state index < -0.39 is 61.3 Å². The van der Waals surface area contributed by atoms with Crippen molar-refractivity contribution < 1.29 is 46.1 Å². The number of amides is 3. The summed E-state index contributed by atoms with van der Waals surface area (Å²) in [7, 11) is 5.49. The summed E-state index contributed by atoms with van der Waals surface area (Å²) in [5.74, 6) is -4.06. The molecule has 2 aliphatic heterocycles. The second-order valence-electron chi connectivity index (χ2n) is 8.81. The summed E-state index contributed by atoms with van der Waals surface area (Å²) in [4.78, 5) is 35.0. The highest BCUT2D eigenvalue weighted by Gasteiger charge is 2.47. The summed E-state index contributed by atoms with van der Waals surface area (Å²) < 4.78 is 77.1. The highest BCUT2D eigenvalue weighted by molar-refractivity contribution is 6.34. The molecule has 4 rings (SSSR count). The first-order valence-electron chi connectivity index (χ1n) is 11.8. The summed E-state index contributed by atoms with van der Waals surface area (Å²) in [5.41, 5.74) is -0.322. The molecular weight excluding hydrogens is 578 g/mol. The summed E-state index contributed by atoms with van der Waals surface area (Å²) >= 11 is 6.50. The predicted molar refractivity (Wildman–Crippen MR) is 139 cm³/mol. The van der Waals surface area contributed by atoms with E-state index in [1.165, 1.54) is 51.4 Å². The van der Waals surface area contributed by atoms with Crippen molar-refractivity contribution in [3.63, 3.8) is 0 Å². The number of hydrogen-bond donors (Lipinski definition) is 1. The van der Waals surface area contributed by atoms with Crippen LogP contribution in [0.15, 0.2) is 34.3 Å². The number of nitrogens with zero attached hydrogens (tertiary/aromatic N) is 4. The zero-order chi connectivity index (χ0) is 30.0. The molecule has 0 radical (unpaired) electrons. The number of urea groups is 1. The maximum atomic E-state index is 14.6. The first-order valence-corrected chi connectivity index (χ1v) is 12.2. The average molecular weight is 602 g/mol. The Morgan fingerprint density at radius 1 is 1.12 bits per heavy atom. The van der Waals surface area contributed by atoms with Crippen molar-refractivity contribution in [3.8, 4) is 17.2 Å². The number of benzene rings is 2. The number of ether oxygens (including phenoxy) is 4. The van der Waals surface area contributed by atoms with Crippen molar-refractivity contribution in [2.24, 2.45) is 9.98 Å². The molecule has 11 nitrogen and oxygen atoms in total. The van der Waals surface area contributed by atoms with Gasteiger partial charge in [0.25, 0.3) is 12.3 Å². The average Bonchev–Trinajstić information content (AvgIpc) is 3.27. The first-order chi connectivity index (χ1) is 19.5. The molecular formula is C25H24ClF4N5O6. The standard InChI is InChI=1S/C25H24ClF4N5O6/c1-34(2)18(36)10-41-16-7-12(26)14(8-17(16)40-9-11-15(38-3)6-5-13(27)19(11)28)35-23-20(31-25(35)37)24(39-4)33-22(32-23)21(29)30/h5-8,20-21,23H,9-10H2,1-4H3,(H,31,37). The van der Waals surface area contributed by atoms with Crippen LogP contribution in [0.1, 0.15) is 5.56 Å². The van der Waals surface area contributed by atoms with E-state index in [0.717, 1.165) is 11.0 Å². The van der Waals surface area contributed by atoms with Gasteiger partial charge < -0.3 is 29.2 Å². The Balaban J connectivity index is 1.76. The summed E-state index contributed by atoms with van der Waals surface area (Å²) in [6, 6.07) is 2.75. The lowest BCUT2D eigenvalue weighted by Crippen LogP contribution is -2.45. The molecule has 2 unspecified atom stereocenters. The quantitative estimate of drug-likeness (QED) is 0.439. The molecule has 16 heteroatoms. The van der Waals surface area contributed by atoms with Gasteiger partial charge in [0.1, 0.15) is 18.4 Å². The van der Waals surface area contributed by atoms with Gasteiger partial charge in [0.05, 0.1) is 30.5 Å². The molecule has 3 amide bonds. The zero-order valence-corrected chi connectivity index (χ0v) is 22.8. The highest BCUT2D eigenvalue weighted by Crippen LogP contribution is 2.42. The Morgan fingerprint density at radius 2 is 1.83 bits per heavy atom. The van der Waals surface area contributed by atoms with Gasteiger partial charge >= 0.3 is 6.03 Å². The van der Waals surface area contributed by atoms with Crippen molar-refractivity contribution in [2.45, 2.75) is 25.2 Å². The van der Waals surface area contributed by atoms with E-state index in [1.54, 1.807) is 0 Å². The number of halogens is 5. The van der Waals surface area contributed by atoms with Gasteiger partial charge in [0.15, 0.2) is 41.7 Å². The largest absolute Gasteiger partial charge is 0.496 e. The molecule has 2 aromatic carbocycles. The van der Waals surface area contributed by atoms with Gasteiger partial charge in [-0.05, 0) is 12.1 Å². The van der Waals surface area contributed by atoms with Crippen LogP contribution in [0.2, 0.25) is 5.02 Å². The van der Waals surface area contributed by atoms with E-state index in [1.807, 2.05) is 0 Å². The third-order valence-corrected chi connectivity index (χ3v) is 6.39. The summed E-state index contributed by atoms with van der Waals surface area (Å²) in [6.45, 7) is -1.01. The first kappa shape index (κ1) is 29.7. The monoisotopic (exact) mass is 601 g/mol. The summed E-state index contributed by atoms with van der Waals surface area (Å²) in [5, 5.41) is 2.45. The van der Waals surface area contributed by atoms with Gasteiger partial charge in [-0.25, -0.2) is 27.3 Å². The topological polar surface area (TPSA) is 114 Å². The Kier molecular flexibility index (Phi) is 8.75. The minimum Gasteiger partial charge on any atom is -0.496 e. The van der Waals surface area contributed by atoms with Gasteiger partial charge in [0, 0.05) is 26.2 Å². The predicted octanol–water partition coefficient (Wildman–Crippen LogP) is 3.62. The van der Waals surface area contributed by atoms with E-state index in [0.29, 0.717) is 0 Å². The highest BCUT2D eigenvalue weighted by atomic mass is 35.5. The molecule has 2 aliphatic rings. The van der Waals surface area contributed by atoms with Gasteiger partial charge in [-0.2, -0.15) is 4.99 Å². The molecule has 2 aromatic rings. The normalized spacial score (nSPS) is 17.9. The molecule has 2 atom stereocenters. The van der Waals surface area contributed by atoms with E-state index in [2.05, 4.69) is 15.3 Å². The number of methoxy groups -OCH3 is 2. The van der Waals surface area contributed by atoms with E-state index >= 15 is 0 Å². The van der Waals surface area contributed by atoms with E-state index in [4.69, 9.17) is 30.5 Å².